The van der Waals surface area contributed by atoms with Crippen LogP contribution in [0.15, 0.2) is 30.9 Å². The van der Waals surface area contributed by atoms with E-state index in [2.05, 4.69) is 17.5 Å². The molecule has 0 spiro atoms. The maximum absolute atomic E-state index is 13.1. The lowest BCUT2D eigenvalue weighted by atomic mass is 10.2. The summed E-state index contributed by atoms with van der Waals surface area (Å²) < 4.78 is 12.2. The minimum Gasteiger partial charge on any atom is -0.494 e. The van der Waals surface area contributed by atoms with E-state index < -0.39 is 6.23 Å². The molecule has 1 aromatic heterocycles. The number of nitrogens with zero attached hydrogens (tertiary/aromatic N) is 3. The van der Waals surface area contributed by atoms with Crippen molar-refractivity contribution in [2.45, 2.75) is 45.3 Å². The predicted molar refractivity (Wildman–Crippen MR) is 122 cm³/mol. The van der Waals surface area contributed by atoms with Gasteiger partial charge in [-0.2, -0.15) is 0 Å². The fourth-order valence-corrected chi connectivity index (χ4v) is 4.31. The van der Waals surface area contributed by atoms with Crippen molar-refractivity contribution in [1.82, 2.24) is 9.88 Å². The quantitative estimate of drug-likeness (QED) is 0.221. The number of carbonyl (C=O) groups excluding carboxylic acids is 2. The van der Waals surface area contributed by atoms with Gasteiger partial charge in [0.05, 0.1) is 23.4 Å². The van der Waals surface area contributed by atoms with E-state index in [9.17, 15) is 9.59 Å². The third kappa shape index (κ3) is 5.56. The molecule has 0 radical (unpaired) electrons. The molecule has 7 nitrogen and oxygen atoms in total. The third-order valence-corrected chi connectivity index (χ3v) is 5.85. The minimum atomic E-state index is -0.721. The molecule has 31 heavy (non-hydrogen) atoms. The van der Waals surface area contributed by atoms with Crippen molar-refractivity contribution in [2.75, 3.05) is 24.6 Å². The Kier molecular flexibility index (Phi) is 7.90. The van der Waals surface area contributed by atoms with Crippen LogP contribution in [0.25, 0.3) is 10.2 Å². The van der Waals surface area contributed by atoms with Crippen molar-refractivity contribution in [3.05, 3.63) is 30.9 Å². The van der Waals surface area contributed by atoms with Crippen LogP contribution in [0.1, 0.15) is 39.0 Å². The fourth-order valence-electron chi connectivity index (χ4n) is 3.33. The Morgan fingerprint density at radius 1 is 1.45 bits per heavy atom. The van der Waals surface area contributed by atoms with Gasteiger partial charge in [0.15, 0.2) is 5.13 Å². The van der Waals surface area contributed by atoms with E-state index >= 15 is 0 Å². The highest BCUT2D eigenvalue weighted by atomic mass is 32.1. The zero-order valence-electron chi connectivity index (χ0n) is 17.7. The average Bonchev–Trinajstić information content (AvgIpc) is 3.29. The minimum absolute atomic E-state index is 0.231. The lowest BCUT2D eigenvalue weighted by Gasteiger charge is -2.20. The molecular weight excluding hydrogens is 414 g/mol. The second-order valence-corrected chi connectivity index (χ2v) is 8.10. The van der Waals surface area contributed by atoms with Crippen LogP contribution in [0, 0.1) is 12.3 Å². The van der Waals surface area contributed by atoms with Gasteiger partial charge in [-0.1, -0.05) is 17.4 Å². The first-order valence-electron chi connectivity index (χ1n) is 10.4. The van der Waals surface area contributed by atoms with Crippen LogP contribution in [0.3, 0.4) is 0 Å². The number of hydrogen-bond acceptors (Lipinski definition) is 6. The number of urea groups is 1. The SMILES string of the molecule is C#CCCCN1CC(OC(=O)CCCC=C)N(c2nc3cc(OCC)ccc3s2)C1=O. The predicted octanol–water partition coefficient (Wildman–Crippen LogP) is 4.58. The molecule has 1 fully saturated rings. The normalized spacial score (nSPS) is 15.9. The largest absolute Gasteiger partial charge is 0.494 e. The van der Waals surface area contributed by atoms with Gasteiger partial charge in [0.1, 0.15) is 5.75 Å². The first-order valence-corrected chi connectivity index (χ1v) is 11.2. The molecule has 0 N–H and O–H groups in total. The summed E-state index contributed by atoms with van der Waals surface area (Å²) in [6.07, 6.45) is 9.33. The van der Waals surface area contributed by atoms with E-state index in [-0.39, 0.29) is 25.0 Å². The van der Waals surface area contributed by atoms with Gasteiger partial charge >= 0.3 is 12.0 Å². The van der Waals surface area contributed by atoms with Gasteiger partial charge in [-0.15, -0.1) is 18.9 Å². The van der Waals surface area contributed by atoms with Gasteiger partial charge in [-0.25, -0.2) is 14.7 Å². The Morgan fingerprint density at radius 2 is 2.29 bits per heavy atom. The average molecular weight is 442 g/mol. The molecule has 164 valence electrons. The van der Waals surface area contributed by atoms with Gasteiger partial charge < -0.3 is 14.4 Å². The van der Waals surface area contributed by atoms with Crippen LogP contribution in [-0.4, -0.2) is 47.8 Å². The number of rotatable bonds is 11. The van der Waals surface area contributed by atoms with Gasteiger partial charge in [0.2, 0.25) is 6.23 Å². The number of amides is 2. The Bertz CT molecular complexity index is 981. The number of allylic oxidation sites excluding steroid dienone is 1. The van der Waals surface area contributed by atoms with Crippen LogP contribution in [-0.2, 0) is 9.53 Å². The third-order valence-electron chi connectivity index (χ3n) is 4.81. The number of ether oxygens (including phenoxy) is 2. The summed E-state index contributed by atoms with van der Waals surface area (Å²) in [5.41, 5.74) is 0.737. The Balaban J connectivity index is 1.82. The van der Waals surface area contributed by atoms with E-state index in [0.29, 0.717) is 37.5 Å². The molecule has 1 aliphatic heterocycles. The molecule has 1 aromatic carbocycles. The molecule has 2 heterocycles. The summed E-state index contributed by atoms with van der Waals surface area (Å²) in [5.74, 6) is 2.97. The number of benzene rings is 1. The van der Waals surface area contributed by atoms with E-state index in [1.807, 2.05) is 25.1 Å². The first kappa shape index (κ1) is 22.6. The van der Waals surface area contributed by atoms with E-state index in [1.165, 1.54) is 16.2 Å². The van der Waals surface area contributed by atoms with Crippen LogP contribution in [0.2, 0.25) is 0 Å². The van der Waals surface area contributed by atoms with Gasteiger partial charge in [0, 0.05) is 25.5 Å². The van der Waals surface area contributed by atoms with Crippen LogP contribution < -0.4 is 9.64 Å². The van der Waals surface area contributed by atoms with Gasteiger partial charge in [-0.05, 0) is 38.3 Å². The Hall–Kier alpha value is -3.05. The number of anilines is 1. The monoisotopic (exact) mass is 441 g/mol. The molecule has 1 atom stereocenters. The van der Waals surface area contributed by atoms with Crippen LogP contribution in [0.5, 0.6) is 5.75 Å². The summed E-state index contributed by atoms with van der Waals surface area (Å²) in [6.45, 7) is 6.93. The van der Waals surface area contributed by atoms with Crippen molar-refractivity contribution in [3.63, 3.8) is 0 Å². The van der Waals surface area contributed by atoms with Crippen molar-refractivity contribution in [3.8, 4) is 18.1 Å². The molecule has 2 amide bonds. The number of unbranched alkanes of at least 4 members (excludes halogenated alkanes) is 2. The summed E-state index contributed by atoms with van der Waals surface area (Å²) >= 11 is 1.38. The number of terminal acetylenes is 1. The molecule has 3 rings (SSSR count). The zero-order valence-corrected chi connectivity index (χ0v) is 18.5. The molecule has 2 aromatic rings. The van der Waals surface area contributed by atoms with Crippen LogP contribution in [0.4, 0.5) is 9.93 Å². The van der Waals surface area contributed by atoms with E-state index in [0.717, 1.165) is 22.4 Å². The zero-order chi connectivity index (χ0) is 22.2. The molecule has 0 bridgehead atoms. The van der Waals surface area contributed by atoms with Crippen molar-refractivity contribution < 1.29 is 19.1 Å². The van der Waals surface area contributed by atoms with Crippen molar-refractivity contribution >= 4 is 38.7 Å². The highest BCUT2D eigenvalue weighted by Crippen LogP contribution is 2.35. The van der Waals surface area contributed by atoms with Gasteiger partial charge in [0.25, 0.3) is 0 Å². The number of hydrogen-bond donors (Lipinski definition) is 0. The number of fused-ring (bicyclic) bond motifs is 1. The maximum Gasteiger partial charge on any atom is 0.329 e. The molecule has 1 unspecified atom stereocenters. The molecular formula is C23H27N3O4S. The smallest absolute Gasteiger partial charge is 0.329 e. The van der Waals surface area contributed by atoms with E-state index in [1.54, 1.807) is 11.0 Å². The first-order chi connectivity index (χ1) is 15.1. The highest BCUT2D eigenvalue weighted by Gasteiger charge is 2.42. The number of carbonyl (C=O) groups is 2. The second kappa shape index (κ2) is 10.8. The lowest BCUT2D eigenvalue weighted by molar-refractivity contribution is -0.148. The summed E-state index contributed by atoms with van der Waals surface area (Å²) in [4.78, 5) is 33.3. The van der Waals surface area contributed by atoms with Crippen molar-refractivity contribution in [1.29, 1.82) is 0 Å². The lowest BCUT2D eigenvalue weighted by Crippen LogP contribution is -2.37. The standard InChI is InChI=1S/C23H27N3O4S/c1-4-7-9-11-21(27)30-20-16-25(14-10-8-5-2)23(28)26(20)22-24-18-15-17(29-6-3)12-13-19(18)31-22/h2,4,12-13,15,20H,1,6-11,14,16H2,3H3. The molecule has 0 saturated carbocycles. The van der Waals surface area contributed by atoms with Crippen molar-refractivity contribution in [2.24, 2.45) is 0 Å². The number of thiazole rings is 1. The van der Waals surface area contributed by atoms with Crippen LogP contribution >= 0.6 is 11.3 Å². The molecule has 8 heteroatoms. The summed E-state index contributed by atoms with van der Waals surface area (Å²) in [7, 11) is 0. The Morgan fingerprint density at radius 3 is 3.03 bits per heavy atom. The van der Waals surface area contributed by atoms with E-state index in [4.69, 9.17) is 15.9 Å². The fraction of sp³-hybridized carbons (Fsp3) is 0.435. The maximum atomic E-state index is 13.1. The summed E-state index contributed by atoms with van der Waals surface area (Å²) in [6, 6.07) is 5.41. The topological polar surface area (TPSA) is 72.0 Å². The number of esters is 1. The molecule has 1 saturated heterocycles. The molecule has 1 aliphatic rings. The second-order valence-electron chi connectivity index (χ2n) is 7.09. The summed E-state index contributed by atoms with van der Waals surface area (Å²) in [5, 5.41) is 0.497. The Labute approximate surface area is 186 Å². The highest BCUT2D eigenvalue weighted by molar-refractivity contribution is 7.22. The number of aromatic nitrogens is 1. The van der Waals surface area contributed by atoms with Gasteiger partial charge in [-0.3, -0.25) is 4.79 Å². The molecule has 0 aliphatic carbocycles.